The number of hydrogen-bond donors (Lipinski definition) is 1. The zero-order valence-electron chi connectivity index (χ0n) is 9.58. The second kappa shape index (κ2) is 6.97. The zero-order chi connectivity index (χ0) is 13.6. The summed E-state index contributed by atoms with van der Waals surface area (Å²) in [6.45, 7) is -1.48. The molecular formula is C12H14ClF3O2. The summed E-state index contributed by atoms with van der Waals surface area (Å²) in [4.78, 5) is 0. The van der Waals surface area contributed by atoms with Crippen molar-refractivity contribution in [2.75, 3.05) is 19.8 Å². The molecule has 0 fully saturated rings. The number of halogens is 4. The highest BCUT2D eigenvalue weighted by molar-refractivity contribution is 6.30. The van der Waals surface area contributed by atoms with Gasteiger partial charge in [-0.25, -0.2) is 0 Å². The summed E-state index contributed by atoms with van der Waals surface area (Å²) in [5.41, 5.74) is 0.792. The Labute approximate surface area is 108 Å². The maximum absolute atomic E-state index is 11.8. The van der Waals surface area contributed by atoms with Gasteiger partial charge in [-0.05, 0) is 24.1 Å². The molecule has 0 amide bonds. The van der Waals surface area contributed by atoms with E-state index in [9.17, 15) is 18.3 Å². The largest absolute Gasteiger partial charge is 0.411 e. The Morgan fingerprint density at radius 3 is 2.61 bits per heavy atom. The van der Waals surface area contributed by atoms with Crippen LogP contribution in [0.5, 0.6) is 0 Å². The lowest BCUT2D eigenvalue weighted by Crippen LogP contribution is -2.18. The highest BCUT2D eigenvalue weighted by atomic mass is 35.5. The Morgan fingerprint density at radius 1 is 1.33 bits per heavy atom. The van der Waals surface area contributed by atoms with Crippen LogP contribution < -0.4 is 0 Å². The van der Waals surface area contributed by atoms with Crippen LogP contribution in [-0.2, 0) is 4.74 Å². The Kier molecular flexibility index (Phi) is 5.91. The van der Waals surface area contributed by atoms with E-state index in [0.29, 0.717) is 11.4 Å². The average Bonchev–Trinajstić information content (AvgIpc) is 2.27. The van der Waals surface area contributed by atoms with E-state index < -0.39 is 12.8 Å². The van der Waals surface area contributed by atoms with Crippen LogP contribution in [0.1, 0.15) is 17.9 Å². The third kappa shape index (κ3) is 5.71. The molecule has 6 heteroatoms. The van der Waals surface area contributed by atoms with Gasteiger partial charge in [-0.15, -0.1) is 0 Å². The molecule has 1 aromatic rings. The normalized spacial score (nSPS) is 13.6. The van der Waals surface area contributed by atoms with Crippen LogP contribution >= 0.6 is 11.6 Å². The third-order valence-corrected chi connectivity index (χ3v) is 2.65. The summed E-state index contributed by atoms with van der Waals surface area (Å²) >= 11 is 5.81. The molecule has 0 aliphatic heterocycles. The van der Waals surface area contributed by atoms with Crippen molar-refractivity contribution in [3.8, 4) is 0 Å². The first kappa shape index (κ1) is 15.3. The maximum atomic E-state index is 11.8. The fourth-order valence-corrected chi connectivity index (χ4v) is 1.74. The van der Waals surface area contributed by atoms with Gasteiger partial charge >= 0.3 is 6.18 Å². The van der Waals surface area contributed by atoms with Crippen LogP contribution in [0.15, 0.2) is 24.3 Å². The van der Waals surface area contributed by atoms with Crippen molar-refractivity contribution < 1.29 is 23.0 Å². The molecule has 0 aliphatic rings. The molecule has 1 aromatic carbocycles. The Morgan fingerprint density at radius 2 is 2.06 bits per heavy atom. The van der Waals surface area contributed by atoms with Gasteiger partial charge < -0.3 is 9.84 Å². The van der Waals surface area contributed by atoms with Gasteiger partial charge in [-0.1, -0.05) is 23.7 Å². The van der Waals surface area contributed by atoms with Crippen molar-refractivity contribution in [3.63, 3.8) is 0 Å². The van der Waals surface area contributed by atoms with Crippen molar-refractivity contribution in [2.24, 2.45) is 0 Å². The smallest absolute Gasteiger partial charge is 0.396 e. The van der Waals surface area contributed by atoms with Gasteiger partial charge in [-0.3, -0.25) is 0 Å². The Bertz CT molecular complexity index is 369. The predicted octanol–water partition coefficient (Wildman–Crippen LogP) is 3.38. The Balaban J connectivity index is 2.43. The number of ether oxygens (including phenoxy) is 1. The minimum Gasteiger partial charge on any atom is -0.396 e. The summed E-state index contributed by atoms with van der Waals surface area (Å²) in [5, 5.41) is 9.74. The number of benzene rings is 1. The summed E-state index contributed by atoms with van der Waals surface area (Å²) in [6, 6.07) is 6.89. The molecule has 2 nitrogen and oxygen atoms in total. The van der Waals surface area contributed by atoms with E-state index in [0.717, 1.165) is 5.56 Å². The first-order chi connectivity index (χ1) is 8.42. The molecule has 0 spiro atoms. The summed E-state index contributed by atoms with van der Waals surface area (Å²) < 4.78 is 40.1. The van der Waals surface area contributed by atoms with Crippen LogP contribution in [-0.4, -0.2) is 31.1 Å². The molecule has 1 unspecified atom stereocenters. The first-order valence-electron chi connectivity index (χ1n) is 5.43. The molecule has 102 valence electrons. The van der Waals surface area contributed by atoms with E-state index in [-0.39, 0.29) is 19.1 Å². The number of rotatable bonds is 6. The summed E-state index contributed by atoms with van der Waals surface area (Å²) in [6.07, 6.45) is -4.00. The predicted molar refractivity (Wildman–Crippen MR) is 62.8 cm³/mol. The molecule has 0 bridgehead atoms. The highest BCUT2D eigenvalue weighted by Crippen LogP contribution is 2.23. The van der Waals surface area contributed by atoms with Crippen molar-refractivity contribution in [1.82, 2.24) is 0 Å². The van der Waals surface area contributed by atoms with Crippen LogP contribution in [0.25, 0.3) is 0 Å². The van der Waals surface area contributed by atoms with E-state index in [1.807, 2.05) is 0 Å². The zero-order valence-corrected chi connectivity index (χ0v) is 10.3. The Hall–Kier alpha value is -0.780. The molecule has 1 atom stereocenters. The number of hydrogen-bond acceptors (Lipinski definition) is 2. The maximum Gasteiger partial charge on any atom is 0.411 e. The second-order valence-electron chi connectivity index (χ2n) is 3.89. The minimum atomic E-state index is -4.31. The molecule has 1 N–H and O–H groups in total. The lowest BCUT2D eigenvalue weighted by atomic mass is 9.97. The molecule has 0 radical (unpaired) electrons. The van der Waals surface area contributed by atoms with Gasteiger partial charge in [0.15, 0.2) is 0 Å². The lowest BCUT2D eigenvalue weighted by molar-refractivity contribution is -0.174. The molecule has 0 saturated carbocycles. The highest BCUT2D eigenvalue weighted by Gasteiger charge is 2.27. The van der Waals surface area contributed by atoms with Crippen molar-refractivity contribution in [2.45, 2.75) is 18.5 Å². The van der Waals surface area contributed by atoms with E-state index in [1.165, 1.54) is 0 Å². The van der Waals surface area contributed by atoms with Crippen molar-refractivity contribution >= 4 is 11.6 Å². The van der Waals surface area contributed by atoms with Crippen molar-refractivity contribution in [3.05, 3.63) is 34.9 Å². The number of alkyl halides is 3. The van der Waals surface area contributed by atoms with Gasteiger partial charge in [0.25, 0.3) is 0 Å². The molecule has 0 saturated heterocycles. The summed E-state index contributed by atoms with van der Waals surface area (Å²) in [5.74, 6) is -0.267. The second-order valence-corrected chi connectivity index (χ2v) is 4.33. The first-order valence-corrected chi connectivity index (χ1v) is 5.81. The van der Waals surface area contributed by atoms with E-state index in [1.54, 1.807) is 24.3 Å². The van der Waals surface area contributed by atoms with Crippen LogP contribution in [0, 0.1) is 0 Å². The molecule has 18 heavy (non-hydrogen) atoms. The minimum absolute atomic E-state index is 0.0583. The fraction of sp³-hybridized carbons (Fsp3) is 0.500. The third-order valence-electron chi connectivity index (χ3n) is 2.42. The van der Waals surface area contributed by atoms with Crippen LogP contribution in [0.4, 0.5) is 13.2 Å². The fourth-order valence-electron chi connectivity index (χ4n) is 1.54. The van der Waals surface area contributed by atoms with Crippen LogP contribution in [0.2, 0.25) is 5.02 Å². The topological polar surface area (TPSA) is 29.5 Å². The number of aliphatic hydroxyl groups excluding tert-OH is 1. The van der Waals surface area contributed by atoms with Crippen LogP contribution in [0.3, 0.4) is 0 Å². The summed E-state index contributed by atoms with van der Waals surface area (Å²) in [7, 11) is 0. The average molecular weight is 283 g/mol. The van der Waals surface area contributed by atoms with E-state index in [2.05, 4.69) is 4.74 Å². The number of aliphatic hydroxyl groups is 1. The molecule has 0 aliphatic carbocycles. The van der Waals surface area contributed by atoms with E-state index in [4.69, 9.17) is 11.6 Å². The van der Waals surface area contributed by atoms with E-state index >= 15 is 0 Å². The molecule has 0 aromatic heterocycles. The molecule has 0 heterocycles. The van der Waals surface area contributed by atoms with Crippen molar-refractivity contribution in [1.29, 1.82) is 0 Å². The molecule has 1 rings (SSSR count). The van der Waals surface area contributed by atoms with Gasteiger partial charge in [0, 0.05) is 17.5 Å². The standard InChI is InChI=1S/C12H14ClF3O2/c13-11-3-1-2-9(6-11)10(7-17)4-5-18-8-12(14,15)16/h1-3,6,10,17H,4-5,7-8H2. The van der Waals surface area contributed by atoms with Gasteiger partial charge in [0.05, 0.1) is 6.61 Å². The quantitative estimate of drug-likeness (QED) is 0.811. The van der Waals surface area contributed by atoms with Gasteiger partial charge in [0.1, 0.15) is 6.61 Å². The lowest BCUT2D eigenvalue weighted by Gasteiger charge is -2.15. The SMILES string of the molecule is OCC(CCOCC(F)(F)F)c1cccc(Cl)c1. The molecular weight excluding hydrogens is 269 g/mol. The van der Waals surface area contributed by atoms with Gasteiger partial charge in [-0.2, -0.15) is 13.2 Å². The monoisotopic (exact) mass is 282 g/mol. The van der Waals surface area contributed by atoms with Gasteiger partial charge in [0.2, 0.25) is 0 Å².